The van der Waals surface area contributed by atoms with Gasteiger partial charge in [-0.2, -0.15) is 0 Å². The lowest BCUT2D eigenvalue weighted by Crippen LogP contribution is -2.27. The molecule has 0 saturated carbocycles. The number of rotatable bonds is 0. The van der Waals surface area contributed by atoms with Gasteiger partial charge in [-0.05, 0) is 24.1 Å². The number of hydrogen-bond acceptors (Lipinski definition) is 4. The second-order valence-corrected chi connectivity index (χ2v) is 3.69. The number of aliphatic imine (C=N–C) groups is 1. The molecule has 0 aliphatic carbocycles. The Morgan fingerprint density at radius 3 is 3.08 bits per heavy atom. The predicted molar refractivity (Wildman–Crippen MR) is 51.7 cm³/mol. The first-order valence-electron chi connectivity index (χ1n) is 3.43. The quantitative estimate of drug-likeness (QED) is 0.654. The molecule has 0 unspecified atom stereocenters. The molecule has 0 saturated heterocycles. The van der Waals surface area contributed by atoms with Crippen LogP contribution >= 0.6 is 23.5 Å². The number of nitrogens with one attached hydrogen (secondary N) is 1. The van der Waals surface area contributed by atoms with Gasteiger partial charge in [0.05, 0.1) is 15.6 Å². The summed E-state index contributed by atoms with van der Waals surface area (Å²) in [5.74, 6) is -0.162. The maximum absolute atomic E-state index is 13.0. The molecule has 0 radical (unpaired) electrons. The van der Waals surface area contributed by atoms with Gasteiger partial charge < -0.3 is 5.73 Å². The van der Waals surface area contributed by atoms with Gasteiger partial charge in [0.1, 0.15) is 5.82 Å². The SMILES string of the molecule is NC1=Nc2cc(Cl)c(F)cc2SN1. The van der Waals surface area contributed by atoms with Crippen molar-refractivity contribution in [2.75, 3.05) is 0 Å². The molecule has 0 amide bonds. The lowest BCUT2D eigenvalue weighted by molar-refractivity contribution is 0.624. The molecule has 6 heteroatoms. The van der Waals surface area contributed by atoms with Crippen molar-refractivity contribution in [2.45, 2.75) is 4.90 Å². The molecule has 1 aliphatic heterocycles. The Labute approximate surface area is 83.3 Å². The highest BCUT2D eigenvalue weighted by Crippen LogP contribution is 2.34. The third kappa shape index (κ3) is 1.57. The molecule has 0 bridgehead atoms. The van der Waals surface area contributed by atoms with Crippen LogP contribution in [0.25, 0.3) is 0 Å². The van der Waals surface area contributed by atoms with E-state index in [2.05, 4.69) is 9.71 Å². The number of hydrogen-bond donors (Lipinski definition) is 2. The molecule has 3 nitrogen and oxygen atoms in total. The van der Waals surface area contributed by atoms with Crippen molar-refractivity contribution in [1.82, 2.24) is 4.72 Å². The summed E-state index contributed by atoms with van der Waals surface area (Å²) in [5, 5.41) is 0.0535. The molecule has 0 aromatic heterocycles. The molecule has 2 rings (SSSR count). The average molecular weight is 218 g/mol. The molecule has 13 heavy (non-hydrogen) atoms. The smallest absolute Gasteiger partial charge is 0.204 e. The van der Waals surface area contributed by atoms with Gasteiger partial charge in [0.25, 0.3) is 0 Å². The van der Waals surface area contributed by atoms with E-state index in [1.807, 2.05) is 0 Å². The number of nitrogens with two attached hydrogens (primary N) is 1. The summed E-state index contributed by atoms with van der Waals surface area (Å²) < 4.78 is 15.7. The Kier molecular flexibility index (Phi) is 2.05. The topological polar surface area (TPSA) is 50.4 Å². The lowest BCUT2D eigenvalue weighted by atomic mass is 10.3. The monoisotopic (exact) mass is 217 g/mol. The van der Waals surface area contributed by atoms with Gasteiger partial charge >= 0.3 is 0 Å². The molecule has 1 aliphatic rings. The normalized spacial score (nSPS) is 14.5. The van der Waals surface area contributed by atoms with Crippen LogP contribution in [0.4, 0.5) is 10.1 Å². The van der Waals surface area contributed by atoms with E-state index in [0.717, 1.165) is 0 Å². The Hall–Kier alpha value is -0.940. The fraction of sp³-hybridized carbons (Fsp3) is 0. The molecule has 3 N–H and O–H groups in total. The van der Waals surface area contributed by atoms with Crippen LogP contribution in [0.2, 0.25) is 5.02 Å². The summed E-state index contributed by atoms with van der Waals surface area (Å²) in [6.07, 6.45) is 0. The van der Waals surface area contributed by atoms with Gasteiger partial charge in [-0.1, -0.05) is 11.6 Å². The Bertz CT molecular complexity index is 394. The van der Waals surface area contributed by atoms with E-state index in [0.29, 0.717) is 16.5 Å². The largest absolute Gasteiger partial charge is 0.369 e. The number of halogens is 2. The van der Waals surface area contributed by atoms with Crippen molar-refractivity contribution < 1.29 is 4.39 Å². The molecular formula is C7H5ClFN3S. The van der Waals surface area contributed by atoms with Crippen molar-refractivity contribution in [1.29, 1.82) is 0 Å². The highest BCUT2D eigenvalue weighted by Gasteiger charge is 2.13. The van der Waals surface area contributed by atoms with E-state index in [-0.39, 0.29) is 5.02 Å². The zero-order valence-corrected chi connectivity index (χ0v) is 7.92. The Morgan fingerprint density at radius 2 is 2.31 bits per heavy atom. The minimum absolute atomic E-state index is 0.0535. The van der Waals surface area contributed by atoms with Gasteiger partial charge in [0.2, 0.25) is 5.96 Å². The first-order chi connectivity index (χ1) is 6.16. The minimum Gasteiger partial charge on any atom is -0.369 e. The third-order valence-electron chi connectivity index (χ3n) is 1.51. The van der Waals surface area contributed by atoms with Gasteiger partial charge in [-0.3, -0.25) is 4.72 Å². The van der Waals surface area contributed by atoms with Gasteiger partial charge in [-0.25, -0.2) is 9.38 Å². The summed E-state index contributed by atoms with van der Waals surface area (Å²) >= 11 is 6.79. The number of benzene rings is 1. The van der Waals surface area contributed by atoms with Crippen LogP contribution in [-0.2, 0) is 0 Å². The van der Waals surface area contributed by atoms with Crippen LogP contribution in [0, 0.1) is 5.82 Å². The minimum atomic E-state index is -0.453. The van der Waals surface area contributed by atoms with E-state index in [9.17, 15) is 4.39 Å². The van der Waals surface area contributed by atoms with Crippen molar-refractivity contribution in [3.63, 3.8) is 0 Å². The molecule has 0 fully saturated rings. The molecule has 1 aromatic carbocycles. The summed E-state index contributed by atoms with van der Waals surface area (Å²) in [6, 6.07) is 2.78. The van der Waals surface area contributed by atoms with E-state index in [1.165, 1.54) is 24.1 Å². The second kappa shape index (κ2) is 3.08. The van der Waals surface area contributed by atoms with Crippen LogP contribution in [0.3, 0.4) is 0 Å². The van der Waals surface area contributed by atoms with E-state index in [4.69, 9.17) is 17.3 Å². The van der Waals surface area contributed by atoms with Gasteiger partial charge in [0.15, 0.2) is 0 Å². The van der Waals surface area contributed by atoms with Crippen molar-refractivity contribution in [3.05, 3.63) is 23.0 Å². The summed E-state index contributed by atoms with van der Waals surface area (Å²) in [7, 11) is 0. The maximum atomic E-state index is 13.0. The third-order valence-corrected chi connectivity index (χ3v) is 2.66. The summed E-state index contributed by atoms with van der Waals surface area (Å²) in [4.78, 5) is 4.64. The molecule has 0 atom stereocenters. The molecule has 68 valence electrons. The van der Waals surface area contributed by atoms with Crippen LogP contribution in [0.1, 0.15) is 0 Å². The molecule has 0 spiro atoms. The van der Waals surface area contributed by atoms with E-state index >= 15 is 0 Å². The van der Waals surface area contributed by atoms with Gasteiger partial charge in [-0.15, -0.1) is 0 Å². The van der Waals surface area contributed by atoms with Crippen LogP contribution in [0.15, 0.2) is 22.0 Å². The first-order valence-corrected chi connectivity index (χ1v) is 4.62. The van der Waals surface area contributed by atoms with Crippen molar-refractivity contribution in [2.24, 2.45) is 10.7 Å². The zero-order chi connectivity index (χ0) is 9.42. The molecular weight excluding hydrogens is 213 g/mol. The molecule has 1 heterocycles. The number of fused-ring (bicyclic) bond motifs is 1. The van der Waals surface area contributed by atoms with Crippen molar-refractivity contribution >= 4 is 35.2 Å². The molecule has 1 aromatic rings. The van der Waals surface area contributed by atoms with Crippen molar-refractivity contribution in [3.8, 4) is 0 Å². The van der Waals surface area contributed by atoms with Crippen LogP contribution in [-0.4, -0.2) is 5.96 Å². The average Bonchev–Trinajstić information content (AvgIpc) is 2.08. The van der Waals surface area contributed by atoms with E-state index < -0.39 is 5.82 Å². The predicted octanol–water partition coefficient (Wildman–Crippen LogP) is 2.04. The fourth-order valence-electron chi connectivity index (χ4n) is 0.947. The highest BCUT2D eigenvalue weighted by atomic mass is 35.5. The standard InChI is InChI=1S/C7H5ClFN3S/c8-3-1-5-6(2-4(3)9)13-12-7(10)11-5/h1-2H,(H3,10,11,12). The number of nitrogens with zero attached hydrogens (tertiary/aromatic N) is 1. The highest BCUT2D eigenvalue weighted by molar-refractivity contribution is 7.98. The van der Waals surface area contributed by atoms with Crippen LogP contribution < -0.4 is 10.5 Å². The lowest BCUT2D eigenvalue weighted by Gasteiger charge is -2.13. The zero-order valence-electron chi connectivity index (χ0n) is 6.34. The summed E-state index contributed by atoms with van der Waals surface area (Å²) in [5.41, 5.74) is 6.01. The maximum Gasteiger partial charge on any atom is 0.204 e. The van der Waals surface area contributed by atoms with Crippen LogP contribution in [0.5, 0.6) is 0 Å². The fourth-order valence-corrected chi connectivity index (χ4v) is 1.74. The first kappa shape index (κ1) is 8.65. The summed E-state index contributed by atoms with van der Waals surface area (Å²) in [6.45, 7) is 0. The second-order valence-electron chi connectivity index (χ2n) is 2.44. The Morgan fingerprint density at radius 1 is 1.54 bits per heavy atom. The van der Waals surface area contributed by atoms with E-state index in [1.54, 1.807) is 0 Å². The van der Waals surface area contributed by atoms with Gasteiger partial charge in [0, 0.05) is 0 Å². The number of guanidine groups is 1. The Balaban J connectivity index is 2.57.